The number of aromatic nitrogens is 10. The number of carbonyl (C=O) groups excluding carboxylic acids is 2. The Morgan fingerprint density at radius 2 is 1.20 bits per heavy atom. The van der Waals surface area contributed by atoms with Gasteiger partial charge in [-0.2, -0.15) is 0 Å². The Labute approximate surface area is 335 Å². The number of nitrogens with zero attached hydrogens (tertiary/aromatic N) is 10. The Balaban J connectivity index is 0.000000175. The van der Waals surface area contributed by atoms with Crippen LogP contribution in [0.4, 0.5) is 0 Å². The third-order valence-corrected chi connectivity index (χ3v) is 11.6. The maximum atomic E-state index is 11.8. The van der Waals surface area contributed by atoms with Gasteiger partial charge in [0.1, 0.15) is 16.2 Å². The summed E-state index contributed by atoms with van der Waals surface area (Å²) in [5, 5.41) is 17.7. The standard InChI is InChI=1S/C18H23ClN6O.C13H21N5O.C4H2Cl2N2.ClH/c19-17-21-9-6-13(22-17)10-14(12-4-2-1-3-5-12)15-11-25(24-23-15)18(7-8-18)16(20)26;14-11(9-4-2-1-3-5-9)10-8-18(17-16-10)13(6-7-13)12(15)19;5-3-1-2-7-4(6)8-3;/h6,9,11-12,14H,1-5,7-8,10H2,(H2,20,26);8-9,11H,1-7,14H2,(H2,15,19);1-2H;1H/t14-;11-;;/m00../s1. The summed E-state index contributed by atoms with van der Waals surface area (Å²) in [5.74, 6) is 0.577. The van der Waals surface area contributed by atoms with E-state index < -0.39 is 11.1 Å². The van der Waals surface area contributed by atoms with Crippen LogP contribution in [-0.4, -0.2) is 61.7 Å². The third-order valence-electron chi connectivity index (χ3n) is 11.1. The number of nitrogens with two attached hydrogens (primary N) is 3. The fourth-order valence-corrected chi connectivity index (χ4v) is 8.01. The fraction of sp³-hybridized carbons (Fsp3) is 0.600. The average molecular weight is 824 g/mol. The molecule has 6 N–H and O–H groups in total. The molecule has 2 atom stereocenters. The van der Waals surface area contributed by atoms with Gasteiger partial charge in [0.15, 0.2) is 0 Å². The van der Waals surface area contributed by atoms with Crippen molar-refractivity contribution in [1.82, 2.24) is 49.9 Å². The molecule has 292 valence electrons. The number of carbonyl (C=O) groups is 2. The van der Waals surface area contributed by atoms with E-state index in [2.05, 4.69) is 40.6 Å². The molecule has 0 radical (unpaired) electrons. The molecule has 0 bridgehead atoms. The number of halogens is 4. The molecule has 2 amide bonds. The number of primary amides is 2. The molecule has 4 aromatic rings. The van der Waals surface area contributed by atoms with Gasteiger partial charge in [0.25, 0.3) is 0 Å². The van der Waals surface area contributed by atoms with Crippen LogP contribution in [0.25, 0.3) is 0 Å². The molecule has 4 saturated carbocycles. The summed E-state index contributed by atoms with van der Waals surface area (Å²) in [4.78, 5) is 38.8. The molecule has 8 rings (SSSR count). The van der Waals surface area contributed by atoms with Gasteiger partial charge in [0.2, 0.25) is 22.4 Å². The minimum atomic E-state index is -0.666. The lowest BCUT2D eigenvalue weighted by Crippen LogP contribution is -2.34. The Kier molecular flexibility index (Phi) is 14.2. The maximum Gasteiger partial charge on any atom is 0.245 e. The van der Waals surface area contributed by atoms with E-state index >= 15 is 0 Å². The van der Waals surface area contributed by atoms with Crippen molar-refractivity contribution in [2.75, 3.05) is 0 Å². The van der Waals surface area contributed by atoms with Crippen LogP contribution in [0.1, 0.15) is 119 Å². The van der Waals surface area contributed by atoms with Crippen LogP contribution < -0.4 is 17.2 Å². The van der Waals surface area contributed by atoms with Crippen molar-refractivity contribution >= 4 is 59.0 Å². The molecule has 4 fully saturated rings. The molecule has 0 aromatic carbocycles. The van der Waals surface area contributed by atoms with E-state index in [1.807, 2.05) is 18.5 Å². The minimum absolute atomic E-state index is 0. The van der Waals surface area contributed by atoms with E-state index in [1.165, 1.54) is 57.6 Å². The second-order valence-electron chi connectivity index (χ2n) is 14.6. The van der Waals surface area contributed by atoms with Crippen LogP contribution in [0, 0.1) is 11.8 Å². The average Bonchev–Trinajstić information content (AvgIpc) is 4.05. The quantitative estimate of drug-likeness (QED) is 0.131. The molecule has 4 heterocycles. The van der Waals surface area contributed by atoms with Gasteiger partial charge in [-0.05, 0) is 105 Å². The zero-order valence-electron chi connectivity index (χ0n) is 29.9. The summed E-state index contributed by atoms with van der Waals surface area (Å²) in [5.41, 5.74) is 18.6. The van der Waals surface area contributed by atoms with Gasteiger partial charge in [-0.3, -0.25) is 9.59 Å². The first-order valence-electron chi connectivity index (χ1n) is 18.3. The molecule has 0 spiro atoms. The van der Waals surface area contributed by atoms with Crippen molar-refractivity contribution in [2.45, 2.75) is 119 Å². The smallest absolute Gasteiger partial charge is 0.245 e. The van der Waals surface area contributed by atoms with Gasteiger partial charge in [0.05, 0.1) is 23.6 Å². The number of rotatable bonds is 10. The normalized spacial score (nSPS) is 19.8. The summed E-state index contributed by atoms with van der Waals surface area (Å²) >= 11 is 16.7. The first-order valence-corrected chi connectivity index (χ1v) is 19.5. The van der Waals surface area contributed by atoms with Gasteiger partial charge < -0.3 is 17.2 Å². The predicted octanol–water partition coefficient (Wildman–Crippen LogP) is 5.64. The van der Waals surface area contributed by atoms with E-state index in [9.17, 15) is 9.59 Å². The lowest BCUT2D eigenvalue weighted by Gasteiger charge is -2.28. The van der Waals surface area contributed by atoms with Crippen molar-refractivity contribution in [3.05, 3.63) is 69.7 Å². The summed E-state index contributed by atoms with van der Waals surface area (Å²) < 4.78 is 3.29. The van der Waals surface area contributed by atoms with Crippen LogP contribution in [0.5, 0.6) is 0 Å². The summed E-state index contributed by atoms with van der Waals surface area (Å²) in [7, 11) is 0. The molecule has 4 aliphatic carbocycles. The van der Waals surface area contributed by atoms with Gasteiger partial charge in [-0.1, -0.05) is 60.6 Å². The number of amides is 2. The molecule has 54 heavy (non-hydrogen) atoms. The summed E-state index contributed by atoms with van der Waals surface area (Å²) in [6.07, 6.45) is 22.9. The zero-order chi connectivity index (χ0) is 37.6. The van der Waals surface area contributed by atoms with E-state index in [-0.39, 0.29) is 46.7 Å². The Hall–Kier alpha value is -3.50. The third kappa shape index (κ3) is 10.0. The van der Waals surface area contributed by atoms with E-state index in [0.717, 1.165) is 62.0 Å². The van der Waals surface area contributed by atoms with Gasteiger partial charge >= 0.3 is 0 Å². The summed E-state index contributed by atoms with van der Waals surface area (Å²) in [6.45, 7) is 0. The van der Waals surface area contributed by atoms with Gasteiger partial charge in [0, 0.05) is 30.2 Å². The lowest BCUT2D eigenvalue weighted by atomic mass is 9.76. The van der Waals surface area contributed by atoms with Gasteiger partial charge in [-0.15, -0.1) is 22.6 Å². The van der Waals surface area contributed by atoms with Crippen molar-refractivity contribution in [3.8, 4) is 0 Å². The fourth-order valence-electron chi connectivity index (χ4n) is 7.52. The van der Waals surface area contributed by atoms with E-state index in [0.29, 0.717) is 17.0 Å². The van der Waals surface area contributed by atoms with E-state index in [4.69, 9.17) is 52.0 Å². The van der Waals surface area contributed by atoms with Crippen LogP contribution in [0.2, 0.25) is 15.7 Å². The topological polar surface area (TPSA) is 225 Å². The highest BCUT2D eigenvalue weighted by Crippen LogP contribution is 2.45. The van der Waals surface area contributed by atoms with Crippen LogP contribution in [-0.2, 0) is 27.1 Å². The minimum Gasteiger partial charge on any atom is -0.368 e. The molecule has 15 nitrogen and oxygen atoms in total. The summed E-state index contributed by atoms with van der Waals surface area (Å²) in [6, 6.07) is 3.39. The first-order chi connectivity index (χ1) is 25.5. The Morgan fingerprint density at radius 3 is 1.67 bits per heavy atom. The van der Waals surface area contributed by atoms with Crippen molar-refractivity contribution in [3.63, 3.8) is 0 Å². The van der Waals surface area contributed by atoms with Crippen LogP contribution in [0.3, 0.4) is 0 Å². The molecule has 0 saturated heterocycles. The zero-order valence-corrected chi connectivity index (χ0v) is 33.0. The molecule has 4 aromatic heterocycles. The SMILES string of the molecule is Cl.Clc1ccnc(Cl)n1.NC(=O)C1(n2cc([C@@H](Cc3ccnc(Cl)n3)C3CCCCC3)nn2)CC1.NC(=O)C1(n2cc([C@@H](N)C3CCCCC3)nn2)CC1. The lowest BCUT2D eigenvalue weighted by molar-refractivity contribution is -0.123. The Bertz CT molecular complexity index is 1840. The van der Waals surface area contributed by atoms with Gasteiger partial charge in [-0.25, -0.2) is 29.3 Å². The molecule has 0 aliphatic heterocycles. The highest BCUT2D eigenvalue weighted by molar-refractivity contribution is 6.31. The first kappa shape index (κ1) is 41.7. The van der Waals surface area contributed by atoms with Crippen LogP contribution >= 0.6 is 47.2 Å². The van der Waals surface area contributed by atoms with Crippen molar-refractivity contribution in [2.24, 2.45) is 29.0 Å². The largest absolute Gasteiger partial charge is 0.368 e. The Morgan fingerprint density at radius 1 is 0.722 bits per heavy atom. The highest BCUT2D eigenvalue weighted by Gasteiger charge is 2.53. The number of hydrogen-bond acceptors (Lipinski definition) is 11. The van der Waals surface area contributed by atoms with Crippen LogP contribution in [0.15, 0.2) is 36.9 Å². The highest BCUT2D eigenvalue weighted by atomic mass is 35.5. The predicted molar refractivity (Wildman–Crippen MR) is 206 cm³/mol. The molecule has 4 aliphatic rings. The molecular formula is C35H47Cl4N13O2. The molecule has 19 heteroatoms. The van der Waals surface area contributed by atoms with E-state index in [1.54, 1.807) is 21.6 Å². The second kappa shape index (κ2) is 18.4. The monoisotopic (exact) mass is 821 g/mol. The second-order valence-corrected chi connectivity index (χ2v) is 15.6. The molecular weight excluding hydrogens is 776 g/mol. The number of hydrogen-bond donors (Lipinski definition) is 3. The van der Waals surface area contributed by atoms with Crippen molar-refractivity contribution < 1.29 is 9.59 Å². The van der Waals surface area contributed by atoms with Crippen molar-refractivity contribution in [1.29, 1.82) is 0 Å². The molecule has 0 unspecified atom stereocenters. The maximum absolute atomic E-state index is 11.8.